The third-order valence-corrected chi connectivity index (χ3v) is 3.73. The Bertz CT molecular complexity index is 352. The minimum absolute atomic E-state index is 0.548. The summed E-state index contributed by atoms with van der Waals surface area (Å²) < 4.78 is 0.899. The second-order valence-corrected chi connectivity index (χ2v) is 5.58. The van der Waals surface area contributed by atoms with E-state index in [2.05, 4.69) is 53.1 Å². The van der Waals surface area contributed by atoms with Crippen LogP contribution in [0.4, 0.5) is 5.69 Å². The molecule has 0 bridgehead atoms. The van der Waals surface area contributed by atoms with Gasteiger partial charge < -0.3 is 5.32 Å². The fourth-order valence-corrected chi connectivity index (χ4v) is 2.28. The van der Waals surface area contributed by atoms with Crippen molar-refractivity contribution in [3.63, 3.8) is 0 Å². The maximum absolute atomic E-state index is 4.41. The molecule has 0 aliphatic heterocycles. The van der Waals surface area contributed by atoms with Gasteiger partial charge in [0.1, 0.15) is 4.60 Å². The van der Waals surface area contributed by atoms with Crippen LogP contribution in [-0.4, -0.2) is 11.0 Å². The molecular weight excluding hydrogens is 276 g/mol. The minimum Gasteiger partial charge on any atom is -0.381 e. The molecule has 0 amide bonds. The summed E-state index contributed by atoms with van der Waals surface area (Å²) in [6.45, 7) is 8.85. The van der Waals surface area contributed by atoms with Crippen molar-refractivity contribution in [3.8, 4) is 0 Å². The third kappa shape index (κ3) is 4.66. The largest absolute Gasteiger partial charge is 0.381 e. The van der Waals surface area contributed by atoms with Crippen molar-refractivity contribution in [2.75, 3.05) is 5.32 Å². The van der Waals surface area contributed by atoms with Crippen molar-refractivity contribution < 1.29 is 0 Å². The summed E-state index contributed by atoms with van der Waals surface area (Å²) >= 11 is 3.39. The summed E-state index contributed by atoms with van der Waals surface area (Å²) in [6.07, 6.45) is 3.62. The zero-order valence-corrected chi connectivity index (χ0v) is 12.8. The summed E-state index contributed by atoms with van der Waals surface area (Å²) in [5, 5.41) is 3.61. The molecule has 0 radical (unpaired) electrons. The van der Waals surface area contributed by atoms with Crippen LogP contribution in [0.5, 0.6) is 0 Å². The van der Waals surface area contributed by atoms with Gasteiger partial charge in [-0.15, -0.1) is 0 Å². The van der Waals surface area contributed by atoms with Crippen molar-refractivity contribution in [2.24, 2.45) is 5.92 Å². The van der Waals surface area contributed by atoms with Crippen LogP contribution >= 0.6 is 15.9 Å². The number of halogens is 1. The highest BCUT2D eigenvalue weighted by molar-refractivity contribution is 9.10. The maximum Gasteiger partial charge on any atom is 0.106 e. The summed E-state index contributed by atoms with van der Waals surface area (Å²) in [5.41, 5.74) is 2.21. The molecule has 0 spiro atoms. The van der Waals surface area contributed by atoms with Gasteiger partial charge in [-0.1, -0.05) is 27.2 Å². The van der Waals surface area contributed by atoms with Crippen LogP contribution in [0.1, 0.15) is 45.7 Å². The summed E-state index contributed by atoms with van der Waals surface area (Å²) in [5.74, 6) is 0.774. The Morgan fingerprint density at radius 1 is 1.29 bits per heavy atom. The molecular formula is C14H23BrN2. The van der Waals surface area contributed by atoms with Crippen LogP contribution in [-0.2, 0) is 0 Å². The SMILES string of the molecule is CCC(C)CC(CC)Nc1ccc(Br)nc1C. The van der Waals surface area contributed by atoms with Crippen molar-refractivity contribution >= 4 is 21.6 Å². The average Bonchev–Trinajstić information content (AvgIpc) is 2.31. The molecule has 1 heterocycles. The molecule has 0 fully saturated rings. The maximum atomic E-state index is 4.41. The van der Waals surface area contributed by atoms with E-state index in [1.54, 1.807) is 0 Å². The lowest BCUT2D eigenvalue weighted by molar-refractivity contribution is 0.461. The molecule has 1 N–H and O–H groups in total. The normalized spacial score (nSPS) is 14.4. The molecule has 0 aliphatic carbocycles. The summed E-state index contributed by atoms with van der Waals surface area (Å²) in [7, 11) is 0. The minimum atomic E-state index is 0.548. The average molecular weight is 299 g/mol. The Balaban J connectivity index is 2.67. The predicted molar refractivity (Wildman–Crippen MR) is 78.4 cm³/mol. The monoisotopic (exact) mass is 298 g/mol. The van der Waals surface area contributed by atoms with E-state index in [0.717, 1.165) is 28.3 Å². The number of hydrogen-bond acceptors (Lipinski definition) is 2. The van der Waals surface area contributed by atoms with Gasteiger partial charge in [-0.3, -0.25) is 0 Å². The lowest BCUT2D eigenvalue weighted by Gasteiger charge is -2.22. The Kier molecular flexibility index (Phi) is 5.96. The Labute approximate surface area is 113 Å². The van der Waals surface area contributed by atoms with Gasteiger partial charge in [-0.25, -0.2) is 4.98 Å². The zero-order chi connectivity index (χ0) is 12.8. The smallest absolute Gasteiger partial charge is 0.106 e. The van der Waals surface area contributed by atoms with Crippen LogP contribution in [0.25, 0.3) is 0 Å². The summed E-state index contributed by atoms with van der Waals surface area (Å²) in [4.78, 5) is 4.41. The number of hydrogen-bond donors (Lipinski definition) is 1. The Hall–Kier alpha value is -0.570. The Morgan fingerprint density at radius 2 is 2.00 bits per heavy atom. The molecule has 2 unspecified atom stereocenters. The van der Waals surface area contributed by atoms with Gasteiger partial charge in [0.25, 0.3) is 0 Å². The molecule has 2 atom stereocenters. The van der Waals surface area contributed by atoms with E-state index in [1.165, 1.54) is 12.8 Å². The molecule has 1 rings (SSSR count). The lowest BCUT2D eigenvalue weighted by Crippen LogP contribution is -2.21. The predicted octanol–water partition coefficient (Wildman–Crippen LogP) is 4.78. The number of aryl methyl sites for hydroxylation is 1. The van der Waals surface area contributed by atoms with Gasteiger partial charge in [0.15, 0.2) is 0 Å². The van der Waals surface area contributed by atoms with Crippen LogP contribution < -0.4 is 5.32 Å². The zero-order valence-electron chi connectivity index (χ0n) is 11.3. The van der Waals surface area contributed by atoms with Gasteiger partial charge in [-0.05, 0) is 53.7 Å². The first-order valence-corrected chi connectivity index (χ1v) is 7.25. The molecule has 17 heavy (non-hydrogen) atoms. The van der Waals surface area contributed by atoms with E-state index >= 15 is 0 Å². The van der Waals surface area contributed by atoms with E-state index in [0.29, 0.717) is 6.04 Å². The van der Waals surface area contributed by atoms with E-state index in [9.17, 15) is 0 Å². The highest BCUT2D eigenvalue weighted by Gasteiger charge is 2.11. The third-order valence-electron chi connectivity index (χ3n) is 3.29. The molecule has 0 saturated heterocycles. The molecule has 0 aromatic carbocycles. The number of aromatic nitrogens is 1. The van der Waals surface area contributed by atoms with Crippen molar-refractivity contribution in [3.05, 3.63) is 22.4 Å². The number of nitrogens with zero attached hydrogens (tertiary/aromatic N) is 1. The quantitative estimate of drug-likeness (QED) is 0.765. The molecule has 3 heteroatoms. The van der Waals surface area contributed by atoms with Crippen LogP contribution in [0.3, 0.4) is 0 Å². The van der Waals surface area contributed by atoms with Gasteiger partial charge in [-0.2, -0.15) is 0 Å². The fraction of sp³-hybridized carbons (Fsp3) is 0.643. The van der Waals surface area contributed by atoms with Crippen LogP contribution in [0.15, 0.2) is 16.7 Å². The molecule has 96 valence electrons. The summed E-state index contributed by atoms with van der Waals surface area (Å²) in [6, 6.07) is 4.64. The van der Waals surface area contributed by atoms with Gasteiger partial charge >= 0.3 is 0 Å². The highest BCUT2D eigenvalue weighted by atomic mass is 79.9. The van der Waals surface area contributed by atoms with Crippen molar-refractivity contribution in [1.82, 2.24) is 4.98 Å². The van der Waals surface area contributed by atoms with Crippen molar-refractivity contribution in [2.45, 2.75) is 53.0 Å². The second-order valence-electron chi connectivity index (χ2n) is 4.77. The Morgan fingerprint density at radius 3 is 2.53 bits per heavy atom. The van der Waals surface area contributed by atoms with Gasteiger partial charge in [0.2, 0.25) is 0 Å². The highest BCUT2D eigenvalue weighted by Crippen LogP contribution is 2.21. The molecule has 0 aliphatic rings. The van der Waals surface area contributed by atoms with E-state index < -0.39 is 0 Å². The van der Waals surface area contributed by atoms with E-state index in [-0.39, 0.29) is 0 Å². The van der Waals surface area contributed by atoms with Crippen LogP contribution in [0, 0.1) is 12.8 Å². The number of rotatable bonds is 6. The molecule has 2 nitrogen and oxygen atoms in total. The standard InChI is InChI=1S/C14H23BrN2/c1-5-10(3)9-12(6-2)17-13-7-8-14(15)16-11(13)4/h7-8,10,12,17H,5-6,9H2,1-4H3. The van der Waals surface area contributed by atoms with Crippen LogP contribution in [0.2, 0.25) is 0 Å². The first-order chi connectivity index (χ1) is 8.06. The topological polar surface area (TPSA) is 24.9 Å². The molecule has 0 saturated carbocycles. The van der Waals surface area contributed by atoms with Gasteiger partial charge in [0, 0.05) is 6.04 Å². The van der Waals surface area contributed by atoms with E-state index in [1.807, 2.05) is 13.0 Å². The first kappa shape index (κ1) is 14.5. The molecule has 1 aromatic heterocycles. The van der Waals surface area contributed by atoms with E-state index in [4.69, 9.17) is 0 Å². The van der Waals surface area contributed by atoms with Crippen molar-refractivity contribution in [1.29, 1.82) is 0 Å². The number of pyridine rings is 1. The lowest BCUT2D eigenvalue weighted by atomic mass is 9.97. The fourth-order valence-electron chi connectivity index (χ4n) is 1.88. The molecule has 1 aromatic rings. The van der Waals surface area contributed by atoms with Gasteiger partial charge in [0.05, 0.1) is 11.4 Å². The number of nitrogens with one attached hydrogen (secondary N) is 1. The second kappa shape index (κ2) is 7.00. The first-order valence-electron chi connectivity index (χ1n) is 6.46. The number of anilines is 1.